The topological polar surface area (TPSA) is 83.0 Å². The second-order valence-electron chi connectivity index (χ2n) is 13.3. The fourth-order valence-electron chi connectivity index (χ4n) is 7.59. The van der Waals surface area contributed by atoms with Gasteiger partial charge in [0.05, 0.1) is 11.5 Å². The van der Waals surface area contributed by atoms with E-state index in [2.05, 4.69) is 23.1 Å². The molecule has 1 heterocycles. The van der Waals surface area contributed by atoms with Gasteiger partial charge in [0.25, 0.3) is 0 Å². The number of fused-ring (bicyclic) bond motifs is 3. The van der Waals surface area contributed by atoms with Gasteiger partial charge in [-0.1, -0.05) is 24.2 Å². The summed E-state index contributed by atoms with van der Waals surface area (Å²) in [6, 6.07) is 10.5. The van der Waals surface area contributed by atoms with Crippen molar-refractivity contribution in [1.29, 1.82) is 5.26 Å². The predicted molar refractivity (Wildman–Crippen MR) is 132 cm³/mol. The van der Waals surface area contributed by atoms with Crippen LogP contribution in [-0.2, 0) is 10.2 Å². The highest BCUT2D eigenvalue weighted by molar-refractivity contribution is 5.94. The summed E-state index contributed by atoms with van der Waals surface area (Å²) in [7, 11) is 0. The summed E-state index contributed by atoms with van der Waals surface area (Å²) in [5, 5.41) is 14.0. The first-order chi connectivity index (χ1) is 17.2. The molecule has 188 valence electrons. The van der Waals surface area contributed by atoms with Crippen LogP contribution in [0, 0.1) is 27.6 Å². The Morgan fingerprint density at radius 2 is 1.78 bits per heavy atom. The molecule has 7 heteroatoms. The van der Waals surface area contributed by atoms with Crippen LogP contribution in [0.4, 0.5) is 10.1 Å². The summed E-state index contributed by atoms with van der Waals surface area (Å²) in [6.45, 7) is 2.80. The first-order valence-corrected chi connectivity index (χ1v) is 13.5. The minimum Gasteiger partial charge on any atom is -0.338 e. The van der Waals surface area contributed by atoms with Crippen molar-refractivity contribution in [3.63, 3.8) is 0 Å². The first-order valence-electron chi connectivity index (χ1n) is 13.5. The van der Waals surface area contributed by atoms with Crippen molar-refractivity contribution in [3.8, 4) is 17.5 Å². The summed E-state index contributed by atoms with van der Waals surface area (Å²) >= 11 is 0. The number of amides is 1. The van der Waals surface area contributed by atoms with Crippen LogP contribution in [0.15, 0.2) is 28.8 Å². The van der Waals surface area contributed by atoms with E-state index >= 15 is 0 Å². The van der Waals surface area contributed by atoms with Gasteiger partial charge in [-0.15, -0.1) is 0 Å². The van der Waals surface area contributed by atoms with Crippen molar-refractivity contribution < 1.29 is 13.7 Å². The predicted octanol–water partition coefficient (Wildman–Crippen LogP) is 6.27. The fourth-order valence-corrected chi connectivity index (χ4v) is 7.59. The van der Waals surface area contributed by atoms with E-state index in [0.717, 1.165) is 62.6 Å². The molecule has 9 rings (SSSR count). The highest BCUT2D eigenvalue weighted by Gasteiger charge is 2.69. The van der Waals surface area contributed by atoms with Gasteiger partial charge >= 0.3 is 0 Å². The van der Waals surface area contributed by atoms with Crippen LogP contribution >= 0.6 is 0 Å². The van der Waals surface area contributed by atoms with Gasteiger partial charge in [-0.2, -0.15) is 10.2 Å². The van der Waals surface area contributed by atoms with Crippen molar-refractivity contribution >= 4 is 11.6 Å². The number of hydrogen-bond acceptors (Lipinski definition) is 5. The maximum Gasteiger partial charge on any atom is 0.232 e. The zero-order chi connectivity index (χ0) is 24.8. The fraction of sp³-hybridized carbons (Fsp3) is 0.655. The monoisotopic (exact) mass is 488 g/mol. The molecule has 36 heavy (non-hydrogen) atoms. The van der Waals surface area contributed by atoms with Crippen LogP contribution in [0.3, 0.4) is 0 Å². The van der Waals surface area contributed by atoms with Crippen LogP contribution in [0.2, 0.25) is 0 Å². The summed E-state index contributed by atoms with van der Waals surface area (Å²) < 4.78 is 19.8. The van der Waals surface area contributed by atoms with Crippen LogP contribution in [-0.4, -0.2) is 28.3 Å². The summed E-state index contributed by atoms with van der Waals surface area (Å²) in [4.78, 5) is 20.5. The summed E-state index contributed by atoms with van der Waals surface area (Å²) in [6.07, 6.45) is 9.83. The lowest BCUT2D eigenvalue weighted by molar-refractivity contribution is -0.215. The van der Waals surface area contributed by atoms with E-state index in [1.165, 1.54) is 0 Å². The molecule has 7 fully saturated rings. The third-order valence-corrected chi connectivity index (χ3v) is 10.4. The number of benzene rings is 1. The second kappa shape index (κ2) is 7.18. The highest BCUT2D eigenvalue weighted by Crippen LogP contribution is 2.71. The molecule has 0 radical (unpaired) electrons. The number of carbonyl (C=O) groups is 1. The van der Waals surface area contributed by atoms with Crippen molar-refractivity contribution in [2.45, 2.75) is 95.1 Å². The Hall–Kier alpha value is -2.75. The van der Waals surface area contributed by atoms with Crippen LogP contribution in [0.1, 0.15) is 89.9 Å². The Balaban J connectivity index is 1.18. The number of hydrogen-bond donors (Lipinski definition) is 0. The minimum absolute atomic E-state index is 0.00112. The van der Waals surface area contributed by atoms with Crippen LogP contribution < -0.4 is 4.90 Å². The number of nitriles is 1. The molecular formula is C29H33FN4O2. The quantitative estimate of drug-likeness (QED) is 0.459. The Bertz CT molecular complexity index is 1240. The molecule has 0 aliphatic heterocycles. The van der Waals surface area contributed by atoms with E-state index in [9.17, 15) is 14.4 Å². The van der Waals surface area contributed by atoms with Gasteiger partial charge in [-0.3, -0.25) is 4.79 Å². The lowest BCUT2D eigenvalue weighted by Gasteiger charge is -2.66. The second-order valence-corrected chi connectivity index (χ2v) is 13.3. The summed E-state index contributed by atoms with van der Waals surface area (Å²) in [5.41, 5.74) is 0.423. The molecule has 1 amide bonds. The number of carbonyl (C=O) groups excluding carboxylic acids is 1. The number of alkyl halides is 1. The minimum atomic E-state index is -1.01. The normalized spacial score (nSPS) is 36.9. The molecule has 1 aromatic carbocycles. The van der Waals surface area contributed by atoms with Crippen molar-refractivity contribution in [3.05, 3.63) is 30.2 Å². The molecule has 0 unspecified atom stereocenters. The average Bonchev–Trinajstić information content (AvgIpc) is 3.40. The lowest BCUT2D eigenvalue weighted by Crippen LogP contribution is -2.65. The van der Waals surface area contributed by atoms with Crippen molar-refractivity contribution in [1.82, 2.24) is 10.1 Å². The van der Waals surface area contributed by atoms with E-state index in [0.29, 0.717) is 43.9 Å². The molecule has 7 aliphatic carbocycles. The average molecular weight is 489 g/mol. The number of rotatable bonds is 7. The Morgan fingerprint density at radius 3 is 2.39 bits per heavy atom. The first kappa shape index (κ1) is 22.4. The molecule has 2 aromatic rings. The Labute approximate surface area is 211 Å². The highest BCUT2D eigenvalue weighted by atomic mass is 19.1. The molecule has 7 saturated carbocycles. The largest absolute Gasteiger partial charge is 0.338 e. The van der Waals surface area contributed by atoms with Crippen LogP contribution in [0.5, 0.6) is 0 Å². The van der Waals surface area contributed by atoms with Gasteiger partial charge < -0.3 is 9.42 Å². The SMILES string of the molecule is CC1(c2nc(-c3cccc(N(CC45CCC(C#N)(CC4)CC5)C(=O)CC45CC(F)(C4)C5)c3)no2)CC1. The molecule has 1 aromatic heterocycles. The van der Waals surface area contributed by atoms with Gasteiger partial charge in [-0.05, 0) is 93.6 Å². The van der Waals surface area contributed by atoms with Crippen molar-refractivity contribution in [2.75, 3.05) is 11.4 Å². The zero-order valence-corrected chi connectivity index (χ0v) is 21.0. The smallest absolute Gasteiger partial charge is 0.232 e. The number of halogens is 1. The van der Waals surface area contributed by atoms with Gasteiger partial charge in [0.1, 0.15) is 5.67 Å². The van der Waals surface area contributed by atoms with E-state index in [1.807, 2.05) is 29.2 Å². The molecule has 0 atom stereocenters. The Morgan fingerprint density at radius 1 is 1.08 bits per heavy atom. The Kier molecular flexibility index (Phi) is 4.47. The number of anilines is 1. The standard InChI is InChI=1S/C29H33FN4O2/c1-25(5-6-25)24-32-23(33-36-24)20-3-2-4-21(13-20)34(22(35)14-28-15-29(30,16-28)17-28)19-27-10-7-26(18-31,8-11-27)9-12-27/h2-4,13H,5-12,14-17,19H2,1H3. The van der Waals surface area contributed by atoms with Gasteiger partial charge in [-0.25, -0.2) is 4.39 Å². The molecule has 0 spiro atoms. The molecular weight excluding hydrogens is 455 g/mol. The lowest BCUT2D eigenvalue weighted by atomic mass is 9.41. The van der Waals surface area contributed by atoms with Crippen LogP contribution in [0.25, 0.3) is 11.4 Å². The van der Waals surface area contributed by atoms with E-state index in [1.54, 1.807) is 0 Å². The van der Waals surface area contributed by atoms with E-state index < -0.39 is 5.67 Å². The summed E-state index contributed by atoms with van der Waals surface area (Å²) in [5.74, 6) is 1.33. The molecule has 4 bridgehead atoms. The van der Waals surface area contributed by atoms with Gasteiger partial charge in [0, 0.05) is 29.6 Å². The maximum atomic E-state index is 14.2. The number of aromatic nitrogens is 2. The molecule has 0 saturated heterocycles. The molecule has 7 aliphatic rings. The third kappa shape index (κ3) is 3.43. The zero-order valence-electron chi connectivity index (χ0n) is 21.0. The van der Waals surface area contributed by atoms with Gasteiger partial charge in [0.2, 0.25) is 17.6 Å². The number of nitrogens with zero attached hydrogens (tertiary/aromatic N) is 4. The van der Waals surface area contributed by atoms with Crippen molar-refractivity contribution in [2.24, 2.45) is 16.2 Å². The van der Waals surface area contributed by atoms with E-state index in [4.69, 9.17) is 4.52 Å². The third-order valence-electron chi connectivity index (χ3n) is 10.4. The van der Waals surface area contributed by atoms with E-state index in [-0.39, 0.29) is 27.6 Å². The molecule has 6 nitrogen and oxygen atoms in total. The van der Waals surface area contributed by atoms with Gasteiger partial charge in [0.15, 0.2) is 0 Å². The maximum absolute atomic E-state index is 14.2. The molecule has 0 N–H and O–H groups in total.